The first-order valence-corrected chi connectivity index (χ1v) is 5.52. The highest BCUT2D eigenvalue weighted by Crippen LogP contribution is 2.23. The van der Waals surface area contributed by atoms with Gasteiger partial charge in [-0.2, -0.15) is 5.10 Å². The molecule has 1 aromatic heterocycles. The maximum Gasteiger partial charge on any atom is 0.338 e. The second kappa shape index (κ2) is 4.69. The van der Waals surface area contributed by atoms with Crippen molar-refractivity contribution >= 4 is 23.3 Å². The zero-order valence-electron chi connectivity index (χ0n) is 9.70. The van der Waals surface area contributed by atoms with Crippen LogP contribution >= 0.6 is 11.6 Å². The van der Waals surface area contributed by atoms with Gasteiger partial charge in [0, 0.05) is 18.3 Å². The van der Waals surface area contributed by atoms with Crippen LogP contribution in [0.2, 0.25) is 5.02 Å². The largest absolute Gasteiger partial charge is 0.478 e. The highest BCUT2D eigenvalue weighted by Gasteiger charge is 2.18. The molecular formula is C11H8ClN3O4. The van der Waals surface area contributed by atoms with Crippen LogP contribution in [0.4, 0.5) is 5.69 Å². The quantitative estimate of drug-likeness (QED) is 0.688. The Labute approximate surface area is 112 Å². The molecule has 0 aliphatic rings. The Morgan fingerprint density at radius 2 is 2.21 bits per heavy atom. The number of carbonyl (C=O) groups is 1. The fraction of sp³-hybridized carbons (Fsp3) is 0.0909. The van der Waals surface area contributed by atoms with E-state index in [1.807, 2.05) is 0 Å². The fourth-order valence-corrected chi connectivity index (χ4v) is 1.70. The second-order valence-electron chi connectivity index (χ2n) is 3.77. The van der Waals surface area contributed by atoms with Gasteiger partial charge in [-0.3, -0.25) is 10.1 Å². The van der Waals surface area contributed by atoms with Crippen LogP contribution in [0, 0.1) is 17.0 Å². The number of non-ortho nitro benzene ring substituents is 1. The van der Waals surface area contributed by atoms with Crippen molar-refractivity contribution in [2.75, 3.05) is 0 Å². The molecule has 0 aliphatic heterocycles. The first kappa shape index (κ1) is 13.0. The van der Waals surface area contributed by atoms with E-state index < -0.39 is 10.9 Å². The average molecular weight is 282 g/mol. The Bertz CT molecular complexity index is 661. The summed E-state index contributed by atoms with van der Waals surface area (Å²) in [4.78, 5) is 21.2. The lowest BCUT2D eigenvalue weighted by Crippen LogP contribution is -2.07. The molecule has 0 aliphatic carbocycles. The van der Waals surface area contributed by atoms with Crippen molar-refractivity contribution in [1.82, 2.24) is 9.78 Å². The van der Waals surface area contributed by atoms with E-state index in [0.29, 0.717) is 10.7 Å². The summed E-state index contributed by atoms with van der Waals surface area (Å²) >= 11 is 5.85. The number of halogens is 1. The van der Waals surface area contributed by atoms with Crippen LogP contribution in [0.1, 0.15) is 16.1 Å². The molecule has 1 heterocycles. The van der Waals surface area contributed by atoms with Crippen molar-refractivity contribution < 1.29 is 14.8 Å². The number of rotatable bonds is 3. The molecule has 0 bridgehead atoms. The van der Waals surface area contributed by atoms with E-state index in [1.54, 1.807) is 6.92 Å². The summed E-state index contributed by atoms with van der Waals surface area (Å²) in [5, 5.41) is 24.2. The minimum absolute atomic E-state index is 0.214. The van der Waals surface area contributed by atoms with Crippen LogP contribution in [0.5, 0.6) is 0 Å². The van der Waals surface area contributed by atoms with Crippen molar-refractivity contribution in [3.8, 4) is 5.69 Å². The summed E-state index contributed by atoms with van der Waals surface area (Å²) in [5.41, 5.74) is 0.244. The zero-order chi connectivity index (χ0) is 14.2. The smallest absolute Gasteiger partial charge is 0.338 e. The average Bonchev–Trinajstić information content (AvgIpc) is 2.68. The number of aromatic carboxylic acids is 1. The van der Waals surface area contributed by atoms with Gasteiger partial charge in [-0.15, -0.1) is 0 Å². The van der Waals surface area contributed by atoms with E-state index >= 15 is 0 Å². The minimum atomic E-state index is -1.28. The summed E-state index contributed by atoms with van der Waals surface area (Å²) in [6.07, 6.45) is 1.45. The summed E-state index contributed by atoms with van der Waals surface area (Å²) in [6, 6.07) is 3.53. The number of aromatic nitrogens is 2. The van der Waals surface area contributed by atoms with Gasteiger partial charge in [-0.1, -0.05) is 11.6 Å². The lowest BCUT2D eigenvalue weighted by Gasteiger charge is -2.05. The molecule has 19 heavy (non-hydrogen) atoms. The van der Waals surface area contributed by atoms with Crippen LogP contribution in [0.15, 0.2) is 24.4 Å². The molecule has 2 aromatic rings. The molecule has 98 valence electrons. The molecule has 2 rings (SSSR count). The molecule has 8 heteroatoms. The third kappa shape index (κ3) is 2.41. The number of nitro groups is 1. The molecular weight excluding hydrogens is 274 g/mol. The van der Waals surface area contributed by atoms with Gasteiger partial charge in [-0.05, 0) is 13.0 Å². The fourth-order valence-electron chi connectivity index (χ4n) is 1.57. The van der Waals surface area contributed by atoms with Gasteiger partial charge in [0.1, 0.15) is 0 Å². The molecule has 0 atom stereocenters. The molecule has 7 nitrogen and oxygen atoms in total. The second-order valence-corrected chi connectivity index (χ2v) is 4.18. The maximum atomic E-state index is 11.2. The van der Waals surface area contributed by atoms with E-state index in [2.05, 4.69) is 5.10 Å². The molecule has 0 radical (unpaired) electrons. The predicted octanol–water partition coefficient (Wildman–Crippen LogP) is 2.44. The van der Waals surface area contributed by atoms with Crippen LogP contribution in [-0.2, 0) is 0 Å². The Hall–Kier alpha value is -2.41. The van der Waals surface area contributed by atoms with Crippen molar-refractivity contribution in [2.24, 2.45) is 0 Å². The molecule has 1 aromatic carbocycles. The lowest BCUT2D eigenvalue weighted by atomic mass is 10.1. The highest BCUT2D eigenvalue weighted by atomic mass is 35.5. The number of carboxylic acids is 1. The van der Waals surface area contributed by atoms with E-state index in [-0.39, 0.29) is 16.9 Å². The molecule has 0 amide bonds. The van der Waals surface area contributed by atoms with Gasteiger partial charge in [0.2, 0.25) is 0 Å². The number of hydrogen-bond acceptors (Lipinski definition) is 4. The number of hydrogen-bond donors (Lipinski definition) is 1. The Kier molecular flexibility index (Phi) is 3.22. The van der Waals surface area contributed by atoms with E-state index in [0.717, 1.165) is 6.07 Å². The zero-order valence-corrected chi connectivity index (χ0v) is 10.5. The molecule has 1 N–H and O–H groups in total. The third-order valence-corrected chi connectivity index (χ3v) is 2.88. The SMILES string of the molecule is Cc1nn(-c2ccc([N+](=O)[O-])cc2C(=O)O)cc1Cl. The van der Waals surface area contributed by atoms with Crippen LogP contribution in [-0.4, -0.2) is 25.8 Å². The molecule has 0 spiro atoms. The maximum absolute atomic E-state index is 11.2. The lowest BCUT2D eigenvalue weighted by molar-refractivity contribution is -0.384. The normalized spacial score (nSPS) is 10.4. The number of nitrogens with zero attached hydrogens (tertiary/aromatic N) is 3. The van der Waals surface area contributed by atoms with Gasteiger partial charge in [-0.25, -0.2) is 9.48 Å². The number of nitro benzene ring substituents is 1. The minimum Gasteiger partial charge on any atom is -0.478 e. The molecule has 0 unspecified atom stereocenters. The van der Waals surface area contributed by atoms with Crippen molar-refractivity contribution in [2.45, 2.75) is 6.92 Å². The van der Waals surface area contributed by atoms with Gasteiger partial charge in [0.05, 0.1) is 26.9 Å². The van der Waals surface area contributed by atoms with E-state index in [1.165, 1.54) is 23.0 Å². The van der Waals surface area contributed by atoms with Crippen LogP contribution < -0.4 is 0 Å². The van der Waals surface area contributed by atoms with E-state index in [4.69, 9.17) is 16.7 Å². The first-order chi connectivity index (χ1) is 8.90. The summed E-state index contributed by atoms with van der Waals surface area (Å²) in [7, 11) is 0. The summed E-state index contributed by atoms with van der Waals surface area (Å²) in [6.45, 7) is 1.67. The monoisotopic (exact) mass is 281 g/mol. The number of carboxylic acid groups (broad SMARTS) is 1. The van der Waals surface area contributed by atoms with Crippen molar-refractivity contribution in [1.29, 1.82) is 0 Å². The van der Waals surface area contributed by atoms with Crippen molar-refractivity contribution in [3.63, 3.8) is 0 Å². The Balaban J connectivity index is 2.63. The van der Waals surface area contributed by atoms with Gasteiger partial charge >= 0.3 is 5.97 Å². The molecule has 0 saturated carbocycles. The van der Waals surface area contributed by atoms with Crippen LogP contribution in [0.3, 0.4) is 0 Å². The summed E-state index contributed by atoms with van der Waals surface area (Å²) in [5.74, 6) is -1.28. The Morgan fingerprint density at radius 3 is 2.68 bits per heavy atom. The number of aryl methyl sites for hydroxylation is 1. The van der Waals surface area contributed by atoms with Crippen LogP contribution in [0.25, 0.3) is 5.69 Å². The Morgan fingerprint density at radius 1 is 1.53 bits per heavy atom. The standard InChI is InChI=1S/C11H8ClN3O4/c1-6-9(12)5-14(13-6)10-3-2-7(15(18)19)4-8(10)11(16)17/h2-5H,1H3,(H,16,17). The molecule has 0 saturated heterocycles. The van der Waals surface area contributed by atoms with Gasteiger partial charge in [0.25, 0.3) is 5.69 Å². The third-order valence-electron chi connectivity index (χ3n) is 2.51. The number of benzene rings is 1. The topological polar surface area (TPSA) is 98.3 Å². The molecule has 0 fully saturated rings. The summed E-state index contributed by atoms with van der Waals surface area (Å²) < 4.78 is 1.28. The first-order valence-electron chi connectivity index (χ1n) is 5.14. The van der Waals surface area contributed by atoms with E-state index in [9.17, 15) is 14.9 Å². The highest BCUT2D eigenvalue weighted by molar-refractivity contribution is 6.31. The van der Waals surface area contributed by atoms with Gasteiger partial charge < -0.3 is 5.11 Å². The van der Waals surface area contributed by atoms with Crippen molar-refractivity contribution in [3.05, 3.63) is 50.8 Å². The van der Waals surface area contributed by atoms with Gasteiger partial charge in [0.15, 0.2) is 0 Å². The predicted molar refractivity (Wildman–Crippen MR) is 66.9 cm³/mol.